The van der Waals surface area contributed by atoms with Gasteiger partial charge in [0.2, 0.25) is 4.77 Å². The molecule has 0 aliphatic heterocycles. The topological polar surface area (TPSA) is 66.2 Å². The molecule has 2 rings (SSSR count). The predicted molar refractivity (Wildman–Crippen MR) is 77.2 cm³/mol. The minimum Gasteiger partial charge on any atom is -0.508 e. The number of nitrogens with zero attached hydrogens (tertiary/aromatic N) is 3. The van der Waals surface area contributed by atoms with Crippen molar-refractivity contribution in [3.63, 3.8) is 0 Å². The Kier molecular flexibility index (Phi) is 3.53. The van der Waals surface area contributed by atoms with Crippen LogP contribution in [0, 0.1) is 4.77 Å². The van der Waals surface area contributed by atoms with Gasteiger partial charge >= 0.3 is 0 Å². The highest BCUT2D eigenvalue weighted by Crippen LogP contribution is 2.19. The van der Waals surface area contributed by atoms with E-state index in [0.29, 0.717) is 4.77 Å². The second kappa shape index (κ2) is 4.97. The van der Waals surface area contributed by atoms with Gasteiger partial charge in [0.15, 0.2) is 5.82 Å². The Morgan fingerprint density at radius 3 is 2.53 bits per heavy atom. The SMILES string of the molecule is CC(C)(C)c1n[nH]c(=S)n1/N=C\c1ccc(O)cc1. The fourth-order valence-corrected chi connectivity index (χ4v) is 1.75. The van der Waals surface area contributed by atoms with E-state index in [1.807, 2.05) is 20.8 Å². The second-order valence-electron chi connectivity index (χ2n) is 5.25. The number of aromatic amines is 1. The van der Waals surface area contributed by atoms with Gasteiger partial charge in [-0.3, -0.25) is 5.10 Å². The predicted octanol–water partition coefficient (Wildman–Crippen LogP) is 2.83. The van der Waals surface area contributed by atoms with Crippen LogP contribution in [0.4, 0.5) is 0 Å². The number of hydrogen-bond donors (Lipinski definition) is 2. The second-order valence-corrected chi connectivity index (χ2v) is 5.64. The van der Waals surface area contributed by atoms with Crippen LogP contribution in [0.15, 0.2) is 29.4 Å². The Balaban J connectivity index is 2.36. The van der Waals surface area contributed by atoms with E-state index < -0.39 is 0 Å². The first-order valence-corrected chi connectivity index (χ1v) is 6.30. The zero-order valence-corrected chi connectivity index (χ0v) is 11.9. The van der Waals surface area contributed by atoms with Crippen molar-refractivity contribution in [1.29, 1.82) is 0 Å². The summed E-state index contributed by atoms with van der Waals surface area (Å²) in [7, 11) is 0. The van der Waals surface area contributed by atoms with Crippen LogP contribution in [0.5, 0.6) is 5.75 Å². The Morgan fingerprint density at radius 1 is 1.32 bits per heavy atom. The molecule has 6 heteroatoms. The van der Waals surface area contributed by atoms with Crippen LogP contribution in [0.3, 0.4) is 0 Å². The number of benzene rings is 1. The maximum atomic E-state index is 9.22. The number of phenolic OH excluding ortho intramolecular Hbond substituents is 1. The molecule has 0 saturated carbocycles. The van der Waals surface area contributed by atoms with E-state index in [0.717, 1.165) is 11.4 Å². The quantitative estimate of drug-likeness (QED) is 0.654. The molecule has 0 fully saturated rings. The van der Waals surface area contributed by atoms with Gasteiger partial charge in [-0.05, 0) is 42.0 Å². The molecule has 5 nitrogen and oxygen atoms in total. The highest BCUT2D eigenvalue weighted by Gasteiger charge is 2.21. The maximum Gasteiger partial charge on any atom is 0.216 e. The molecule has 100 valence electrons. The zero-order valence-electron chi connectivity index (χ0n) is 11.1. The molecular formula is C13H16N4OS. The van der Waals surface area contributed by atoms with E-state index in [2.05, 4.69) is 15.3 Å². The molecule has 0 unspecified atom stereocenters. The summed E-state index contributed by atoms with van der Waals surface area (Å²) in [6, 6.07) is 6.78. The summed E-state index contributed by atoms with van der Waals surface area (Å²) >= 11 is 5.17. The molecule has 1 aromatic heterocycles. The summed E-state index contributed by atoms with van der Waals surface area (Å²) in [4.78, 5) is 0. The minimum absolute atomic E-state index is 0.153. The molecule has 2 N–H and O–H groups in total. The lowest BCUT2D eigenvalue weighted by atomic mass is 9.96. The maximum absolute atomic E-state index is 9.22. The summed E-state index contributed by atoms with van der Waals surface area (Å²) < 4.78 is 2.07. The zero-order chi connectivity index (χ0) is 14.0. The number of nitrogens with one attached hydrogen (secondary N) is 1. The van der Waals surface area contributed by atoms with Crippen LogP contribution < -0.4 is 0 Å². The average molecular weight is 276 g/mol. The number of aromatic hydroxyl groups is 1. The van der Waals surface area contributed by atoms with Crippen LogP contribution in [-0.4, -0.2) is 26.2 Å². The number of aromatic nitrogens is 3. The van der Waals surface area contributed by atoms with Crippen molar-refractivity contribution in [2.75, 3.05) is 0 Å². The average Bonchev–Trinajstić information content (AvgIpc) is 2.70. The molecule has 0 atom stereocenters. The van der Waals surface area contributed by atoms with Gasteiger partial charge in [-0.25, -0.2) is 0 Å². The van der Waals surface area contributed by atoms with Gasteiger partial charge in [-0.2, -0.15) is 14.9 Å². The van der Waals surface area contributed by atoms with Crippen LogP contribution in [0.1, 0.15) is 32.2 Å². The molecule has 0 aliphatic carbocycles. The molecule has 0 spiro atoms. The smallest absolute Gasteiger partial charge is 0.216 e. The lowest BCUT2D eigenvalue weighted by molar-refractivity contribution is 0.475. The van der Waals surface area contributed by atoms with Gasteiger partial charge in [-0.1, -0.05) is 20.8 Å². The van der Waals surface area contributed by atoms with E-state index in [1.165, 1.54) is 0 Å². The molecule has 1 aromatic carbocycles. The van der Waals surface area contributed by atoms with E-state index in [9.17, 15) is 5.11 Å². The van der Waals surface area contributed by atoms with Crippen molar-refractivity contribution < 1.29 is 5.11 Å². The van der Waals surface area contributed by atoms with Crippen molar-refractivity contribution in [3.8, 4) is 5.75 Å². The van der Waals surface area contributed by atoms with Gasteiger partial charge < -0.3 is 5.11 Å². The molecule has 0 amide bonds. The molecular weight excluding hydrogens is 260 g/mol. The Morgan fingerprint density at radius 2 is 1.95 bits per heavy atom. The molecule has 0 radical (unpaired) electrons. The van der Waals surface area contributed by atoms with Crippen LogP contribution in [0.25, 0.3) is 0 Å². The van der Waals surface area contributed by atoms with Crippen molar-refractivity contribution in [2.24, 2.45) is 5.10 Å². The number of phenols is 1. The summed E-state index contributed by atoms with van der Waals surface area (Å²) in [5.74, 6) is 1.000. The largest absolute Gasteiger partial charge is 0.508 e. The fraction of sp³-hybridized carbons (Fsp3) is 0.308. The van der Waals surface area contributed by atoms with Gasteiger partial charge in [0.1, 0.15) is 5.75 Å². The Bertz CT molecular complexity index is 647. The van der Waals surface area contributed by atoms with E-state index in [-0.39, 0.29) is 11.2 Å². The normalized spacial score (nSPS) is 12.2. The first kappa shape index (κ1) is 13.5. The molecule has 1 heterocycles. The summed E-state index contributed by atoms with van der Waals surface area (Å²) in [5.41, 5.74) is 0.723. The lowest BCUT2D eigenvalue weighted by Gasteiger charge is -2.15. The van der Waals surface area contributed by atoms with Crippen molar-refractivity contribution >= 4 is 18.4 Å². The number of H-pyrrole nitrogens is 1. The lowest BCUT2D eigenvalue weighted by Crippen LogP contribution is -2.17. The molecule has 0 bridgehead atoms. The highest BCUT2D eigenvalue weighted by molar-refractivity contribution is 7.71. The van der Waals surface area contributed by atoms with Crippen molar-refractivity contribution in [1.82, 2.24) is 14.9 Å². The van der Waals surface area contributed by atoms with Gasteiger partial charge in [0, 0.05) is 5.41 Å². The number of rotatable bonds is 2. The number of hydrogen-bond acceptors (Lipinski definition) is 4. The monoisotopic (exact) mass is 276 g/mol. The minimum atomic E-state index is -0.153. The fourth-order valence-electron chi connectivity index (χ4n) is 1.57. The standard InChI is InChI=1S/C13H16N4OS/c1-13(2,3)11-15-16-12(19)17(11)14-8-9-4-6-10(18)7-5-9/h4-8,18H,1-3H3,(H,16,19)/b14-8-. The summed E-state index contributed by atoms with van der Waals surface area (Å²) in [5, 5.41) is 20.5. The van der Waals surface area contributed by atoms with E-state index in [4.69, 9.17) is 12.2 Å². The molecule has 0 saturated heterocycles. The summed E-state index contributed by atoms with van der Waals surface area (Å²) in [6.45, 7) is 6.14. The van der Waals surface area contributed by atoms with E-state index >= 15 is 0 Å². The van der Waals surface area contributed by atoms with Gasteiger partial charge in [-0.15, -0.1) is 0 Å². The molecule has 19 heavy (non-hydrogen) atoms. The third kappa shape index (κ3) is 3.08. The van der Waals surface area contributed by atoms with E-state index in [1.54, 1.807) is 35.2 Å². The molecule has 0 aliphatic rings. The molecule has 2 aromatic rings. The highest BCUT2D eigenvalue weighted by atomic mass is 32.1. The Labute approximate surface area is 116 Å². The van der Waals surface area contributed by atoms with Gasteiger partial charge in [0.25, 0.3) is 0 Å². The Hall–Kier alpha value is -1.95. The third-order valence-corrected chi connectivity index (χ3v) is 2.80. The summed E-state index contributed by atoms with van der Waals surface area (Å²) in [6.07, 6.45) is 1.68. The first-order valence-electron chi connectivity index (χ1n) is 5.89. The van der Waals surface area contributed by atoms with Crippen molar-refractivity contribution in [3.05, 3.63) is 40.4 Å². The van der Waals surface area contributed by atoms with Gasteiger partial charge in [0.05, 0.1) is 6.21 Å². The third-order valence-electron chi connectivity index (χ3n) is 2.54. The van der Waals surface area contributed by atoms with Crippen molar-refractivity contribution in [2.45, 2.75) is 26.2 Å². The van der Waals surface area contributed by atoms with Crippen LogP contribution >= 0.6 is 12.2 Å². The first-order chi connectivity index (χ1) is 8.88. The van der Waals surface area contributed by atoms with Crippen LogP contribution in [-0.2, 0) is 5.41 Å². The van der Waals surface area contributed by atoms with Crippen LogP contribution in [0.2, 0.25) is 0 Å².